The lowest BCUT2D eigenvalue weighted by molar-refractivity contribution is -0.140. The zero-order valence-electron chi connectivity index (χ0n) is 9.64. The molecule has 0 saturated heterocycles. The van der Waals surface area contributed by atoms with Crippen molar-refractivity contribution in [2.24, 2.45) is 5.92 Å². The van der Waals surface area contributed by atoms with Crippen molar-refractivity contribution in [1.82, 2.24) is 9.78 Å². The lowest BCUT2D eigenvalue weighted by Gasteiger charge is -2.19. The Morgan fingerprint density at radius 1 is 1.40 bits per heavy atom. The standard InChI is InChI=1S/C11H18N2O2/c1-7(2)10(11(14)15)9-5-6-12-13(9)8(3)4/h5-8,10H,1-4H3,(H,14,15). The molecule has 4 nitrogen and oxygen atoms in total. The fraction of sp³-hybridized carbons (Fsp3) is 0.636. The van der Waals surface area contributed by atoms with Crippen LogP contribution in [0.25, 0.3) is 0 Å². The summed E-state index contributed by atoms with van der Waals surface area (Å²) in [7, 11) is 0. The maximum absolute atomic E-state index is 11.2. The topological polar surface area (TPSA) is 55.1 Å². The molecule has 0 radical (unpaired) electrons. The first-order chi connectivity index (χ1) is 6.95. The van der Waals surface area contributed by atoms with Crippen LogP contribution in [0.3, 0.4) is 0 Å². The van der Waals surface area contributed by atoms with Gasteiger partial charge < -0.3 is 5.11 Å². The van der Waals surface area contributed by atoms with E-state index in [0.29, 0.717) is 0 Å². The van der Waals surface area contributed by atoms with E-state index in [1.54, 1.807) is 16.9 Å². The molecule has 0 fully saturated rings. The molecule has 0 aliphatic heterocycles. The van der Waals surface area contributed by atoms with E-state index < -0.39 is 11.9 Å². The number of carboxylic acids is 1. The second-order valence-electron chi connectivity index (χ2n) is 4.35. The summed E-state index contributed by atoms with van der Waals surface area (Å²) in [5.74, 6) is -1.20. The van der Waals surface area contributed by atoms with Crippen LogP contribution in [0.2, 0.25) is 0 Å². The van der Waals surface area contributed by atoms with Gasteiger partial charge in [-0.25, -0.2) is 0 Å². The Bertz CT molecular complexity index is 342. The predicted octanol–water partition coefficient (Wildman–Crippen LogP) is 2.29. The maximum Gasteiger partial charge on any atom is 0.312 e. The van der Waals surface area contributed by atoms with Gasteiger partial charge in [0.2, 0.25) is 0 Å². The van der Waals surface area contributed by atoms with Gasteiger partial charge in [-0.15, -0.1) is 0 Å². The molecule has 4 heteroatoms. The lowest BCUT2D eigenvalue weighted by Crippen LogP contribution is -2.22. The van der Waals surface area contributed by atoms with E-state index in [2.05, 4.69) is 5.10 Å². The van der Waals surface area contributed by atoms with Crippen LogP contribution in [0.4, 0.5) is 0 Å². The Labute approximate surface area is 89.9 Å². The number of carboxylic acid groups (broad SMARTS) is 1. The molecule has 1 aromatic heterocycles. The summed E-state index contributed by atoms with van der Waals surface area (Å²) in [6.45, 7) is 7.82. The van der Waals surface area contributed by atoms with E-state index in [0.717, 1.165) is 5.69 Å². The van der Waals surface area contributed by atoms with Crippen LogP contribution in [0, 0.1) is 5.92 Å². The number of rotatable bonds is 4. The maximum atomic E-state index is 11.2. The number of hydrogen-bond donors (Lipinski definition) is 1. The molecule has 0 amide bonds. The first-order valence-electron chi connectivity index (χ1n) is 5.21. The van der Waals surface area contributed by atoms with Gasteiger partial charge in [-0.1, -0.05) is 13.8 Å². The summed E-state index contributed by atoms with van der Waals surface area (Å²) in [5.41, 5.74) is 0.785. The van der Waals surface area contributed by atoms with Crippen LogP contribution in [0.5, 0.6) is 0 Å². The summed E-state index contributed by atoms with van der Waals surface area (Å²) >= 11 is 0. The normalized spacial score (nSPS) is 13.5. The van der Waals surface area contributed by atoms with Crippen LogP contribution in [-0.2, 0) is 4.79 Å². The molecule has 15 heavy (non-hydrogen) atoms. The molecular formula is C11H18N2O2. The summed E-state index contributed by atoms with van der Waals surface area (Å²) in [6, 6.07) is 1.98. The molecule has 0 aromatic carbocycles. The van der Waals surface area contributed by atoms with Gasteiger partial charge in [0.15, 0.2) is 0 Å². The highest BCUT2D eigenvalue weighted by Crippen LogP contribution is 2.26. The second kappa shape index (κ2) is 4.47. The highest BCUT2D eigenvalue weighted by Gasteiger charge is 2.27. The van der Waals surface area contributed by atoms with E-state index in [-0.39, 0.29) is 12.0 Å². The van der Waals surface area contributed by atoms with Gasteiger partial charge in [0.05, 0.1) is 5.69 Å². The van der Waals surface area contributed by atoms with Crippen molar-refractivity contribution in [3.63, 3.8) is 0 Å². The monoisotopic (exact) mass is 210 g/mol. The second-order valence-corrected chi connectivity index (χ2v) is 4.35. The van der Waals surface area contributed by atoms with Gasteiger partial charge >= 0.3 is 5.97 Å². The zero-order chi connectivity index (χ0) is 11.6. The van der Waals surface area contributed by atoms with Crippen molar-refractivity contribution in [1.29, 1.82) is 0 Å². The molecule has 1 aromatic rings. The fourth-order valence-electron chi connectivity index (χ4n) is 1.76. The number of carbonyl (C=O) groups is 1. The molecule has 0 aliphatic carbocycles. The average molecular weight is 210 g/mol. The van der Waals surface area contributed by atoms with Gasteiger partial charge in [0.25, 0.3) is 0 Å². The molecule has 84 valence electrons. The van der Waals surface area contributed by atoms with Crippen molar-refractivity contribution >= 4 is 5.97 Å². The predicted molar refractivity (Wildman–Crippen MR) is 57.8 cm³/mol. The summed E-state index contributed by atoms with van der Waals surface area (Å²) in [6.07, 6.45) is 1.66. The minimum Gasteiger partial charge on any atom is -0.481 e. The number of aliphatic carboxylic acids is 1. The van der Waals surface area contributed by atoms with Crippen molar-refractivity contribution in [2.75, 3.05) is 0 Å². The van der Waals surface area contributed by atoms with Crippen LogP contribution in [0.1, 0.15) is 45.3 Å². The third-order valence-corrected chi connectivity index (χ3v) is 2.44. The molecule has 1 atom stereocenters. The molecular weight excluding hydrogens is 192 g/mol. The third-order valence-electron chi connectivity index (χ3n) is 2.44. The van der Waals surface area contributed by atoms with E-state index in [4.69, 9.17) is 0 Å². The Morgan fingerprint density at radius 3 is 2.40 bits per heavy atom. The molecule has 0 spiro atoms. The minimum atomic E-state index is -0.785. The summed E-state index contributed by atoms with van der Waals surface area (Å²) in [5, 5.41) is 13.3. The largest absolute Gasteiger partial charge is 0.481 e. The van der Waals surface area contributed by atoms with Crippen LogP contribution >= 0.6 is 0 Å². The summed E-state index contributed by atoms with van der Waals surface area (Å²) < 4.78 is 1.78. The van der Waals surface area contributed by atoms with Crippen molar-refractivity contribution in [3.8, 4) is 0 Å². The first-order valence-corrected chi connectivity index (χ1v) is 5.21. The Kier molecular flexibility index (Phi) is 3.50. The van der Waals surface area contributed by atoms with Gasteiger partial charge in [-0.3, -0.25) is 9.48 Å². The summed E-state index contributed by atoms with van der Waals surface area (Å²) in [4.78, 5) is 11.2. The quantitative estimate of drug-likeness (QED) is 0.829. The Hall–Kier alpha value is -1.32. The van der Waals surface area contributed by atoms with Crippen molar-refractivity contribution in [3.05, 3.63) is 18.0 Å². The Balaban J connectivity index is 3.11. The van der Waals surface area contributed by atoms with E-state index >= 15 is 0 Å². The molecule has 0 bridgehead atoms. The lowest BCUT2D eigenvalue weighted by atomic mass is 9.92. The van der Waals surface area contributed by atoms with Gasteiger partial charge in [0.1, 0.15) is 5.92 Å². The molecule has 0 aliphatic rings. The van der Waals surface area contributed by atoms with Crippen LogP contribution in [0.15, 0.2) is 12.3 Å². The SMILES string of the molecule is CC(C)C(C(=O)O)c1ccnn1C(C)C. The first kappa shape index (κ1) is 11.8. The zero-order valence-corrected chi connectivity index (χ0v) is 9.64. The molecule has 1 N–H and O–H groups in total. The van der Waals surface area contributed by atoms with Crippen molar-refractivity contribution < 1.29 is 9.90 Å². The Morgan fingerprint density at radius 2 is 2.00 bits per heavy atom. The van der Waals surface area contributed by atoms with Gasteiger partial charge in [0, 0.05) is 12.2 Å². The smallest absolute Gasteiger partial charge is 0.312 e. The van der Waals surface area contributed by atoms with Crippen molar-refractivity contribution in [2.45, 2.75) is 39.7 Å². The molecule has 1 heterocycles. The van der Waals surface area contributed by atoms with Crippen LogP contribution < -0.4 is 0 Å². The number of nitrogens with zero attached hydrogens (tertiary/aromatic N) is 2. The fourth-order valence-corrected chi connectivity index (χ4v) is 1.76. The molecule has 1 rings (SSSR count). The highest BCUT2D eigenvalue weighted by atomic mass is 16.4. The third kappa shape index (κ3) is 2.37. The minimum absolute atomic E-state index is 0.0664. The van der Waals surface area contributed by atoms with Gasteiger partial charge in [-0.05, 0) is 25.8 Å². The number of aromatic nitrogens is 2. The van der Waals surface area contributed by atoms with Crippen LogP contribution in [-0.4, -0.2) is 20.9 Å². The molecule has 1 unspecified atom stereocenters. The average Bonchev–Trinajstić information content (AvgIpc) is 2.51. The van der Waals surface area contributed by atoms with E-state index in [9.17, 15) is 9.90 Å². The molecule has 0 saturated carbocycles. The van der Waals surface area contributed by atoms with E-state index in [1.807, 2.05) is 27.7 Å². The van der Waals surface area contributed by atoms with Gasteiger partial charge in [-0.2, -0.15) is 5.10 Å². The highest BCUT2D eigenvalue weighted by molar-refractivity contribution is 5.75. The van der Waals surface area contributed by atoms with E-state index in [1.165, 1.54) is 0 Å². The number of hydrogen-bond acceptors (Lipinski definition) is 2.